The van der Waals surface area contributed by atoms with Gasteiger partial charge in [0.05, 0.1) is 6.61 Å². The van der Waals surface area contributed by atoms with E-state index in [0.29, 0.717) is 13.1 Å². The standard InChI is InChI=1S/C12H15NO3/c14-9-12(11(15)16)7-13(8-12)6-10-4-2-1-3-5-10/h1-5,14H,6-9H2,(H,15,16). The molecule has 4 heteroatoms. The largest absolute Gasteiger partial charge is 0.481 e. The van der Waals surface area contributed by atoms with Gasteiger partial charge in [0, 0.05) is 19.6 Å². The zero-order valence-corrected chi connectivity index (χ0v) is 8.97. The van der Waals surface area contributed by atoms with Crippen LogP contribution in [0.2, 0.25) is 0 Å². The van der Waals surface area contributed by atoms with E-state index in [-0.39, 0.29) is 6.61 Å². The number of carboxylic acid groups (broad SMARTS) is 1. The number of rotatable bonds is 4. The van der Waals surface area contributed by atoms with Crippen LogP contribution in [0.1, 0.15) is 5.56 Å². The maximum atomic E-state index is 10.9. The predicted molar refractivity (Wildman–Crippen MR) is 58.9 cm³/mol. The van der Waals surface area contributed by atoms with Crippen molar-refractivity contribution in [3.05, 3.63) is 35.9 Å². The molecule has 16 heavy (non-hydrogen) atoms. The Kier molecular flexibility index (Phi) is 2.94. The summed E-state index contributed by atoms with van der Waals surface area (Å²) in [6.07, 6.45) is 0. The summed E-state index contributed by atoms with van der Waals surface area (Å²) >= 11 is 0. The lowest BCUT2D eigenvalue weighted by atomic mass is 9.80. The van der Waals surface area contributed by atoms with Crippen molar-refractivity contribution < 1.29 is 15.0 Å². The second-order valence-corrected chi connectivity index (χ2v) is 4.37. The van der Waals surface area contributed by atoms with Gasteiger partial charge in [-0.3, -0.25) is 9.69 Å². The number of hydrogen-bond acceptors (Lipinski definition) is 3. The minimum Gasteiger partial charge on any atom is -0.481 e. The summed E-state index contributed by atoms with van der Waals surface area (Å²) in [5, 5.41) is 18.1. The van der Waals surface area contributed by atoms with Gasteiger partial charge in [0.15, 0.2) is 0 Å². The minimum absolute atomic E-state index is 0.284. The van der Waals surface area contributed by atoms with E-state index in [2.05, 4.69) is 0 Å². The third kappa shape index (κ3) is 1.94. The van der Waals surface area contributed by atoms with E-state index in [1.54, 1.807) is 0 Å². The van der Waals surface area contributed by atoms with Gasteiger partial charge in [0.2, 0.25) is 0 Å². The predicted octanol–water partition coefficient (Wildman–Crippen LogP) is 0.565. The highest BCUT2D eigenvalue weighted by molar-refractivity contribution is 5.76. The number of nitrogens with zero attached hydrogens (tertiary/aromatic N) is 1. The molecule has 86 valence electrons. The summed E-state index contributed by atoms with van der Waals surface area (Å²) in [7, 11) is 0. The minimum atomic E-state index is -0.936. The molecule has 1 saturated heterocycles. The molecule has 0 aromatic heterocycles. The maximum Gasteiger partial charge on any atom is 0.314 e. The monoisotopic (exact) mass is 221 g/mol. The molecule has 2 rings (SSSR count). The topological polar surface area (TPSA) is 60.8 Å². The Labute approximate surface area is 94.1 Å². The first kappa shape index (κ1) is 11.1. The molecular formula is C12H15NO3. The summed E-state index contributed by atoms with van der Waals surface area (Å²) in [6, 6.07) is 9.91. The molecule has 2 N–H and O–H groups in total. The van der Waals surface area contributed by atoms with Gasteiger partial charge in [-0.15, -0.1) is 0 Å². The first-order valence-corrected chi connectivity index (χ1v) is 5.27. The lowest BCUT2D eigenvalue weighted by Crippen LogP contribution is -2.61. The summed E-state index contributed by atoms with van der Waals surface area (Å²) in [5.74, 6) is -0.903. The highest BCUT2D eigenvalue weighted by Gasteiger charge is 2.48. The molecule has 1 aromatic carbocycles. The molecule has 4 nitrogen and oxygen atoms in total. The smallest absolute Gasteiger partial charge is 0.314 e. The third-order valence-electron chi connectivity index (χ3n) is 3.06. The van der Waals surface area contributed by atoms with Gasteiger partial charge in [0.1, 0.15) is 5.41 Å². The van der Waals surface area contributed by atoms with Crippen molar-refractivity contribution in [2.75, 3.05) is 19.7 Å². The zero-order chi connectivity index (χ0) is 11.6. The molecule has 0 radical (unpaired) electrons. The van der Waals surface area contributed by atoms with Crippen LogP contribution in [-0.4, -0.2) is 40.8 Å². The van der Waals surface area contributed by atoms with Crippen molar-refractivity contribution in [2.45, 2.75) is 6.54 Å². The fraction of sp³-hybridized carbons (Fsp3) is 0.417. The molecule has 0 aliphatic carbocycles. The van der Waals surface area contributed by atoms with Gasteiger partial charge in [-0.05, 0) is 5.56 Å². The SMILES string of the molecule is O=C(O)C1(CO)CN(Cc2ccccc2)C1. The van der Waals surface area contributed by atoms with Gasteiger partial charge in [0.25, 0.3) is 0 Å². The van der Waals surface area contributed by atoms with E-state index in [4.69, 9.17) is 10.2 Å². The molecular weight excluding hydrogens is 206 g/mol. The van der Waals surface area contributed by atoms with Gasteiger partial charge in [-0.1, -0.05) is 30.3 Å². The van der Waals surface area contributed by atoms with Crippen LogP contribution in [0.4, 0.5) is 0 Å². The fourth-order valence-electron chi connectivity index (χ4n) is 2.07. The van der Waals surface area contributed by atoms with Crippen molar-refractivity contribution in [2.24, 2.45) is 5.41 Å². The quantitative estimate of drug-likeness (QED) is 0.780. The van der Waals surface area contributed by atoms with Crippen molar-refractivity contribution in [1.82, 2.24) is 4.90 Å². The number of aliphatic hydroxyl groups is 1. The van der Waals surface area contributed by atoms with Crippen LogP contribution in [0.5, 0.6) is 0 Å². The van der Waals surface area contributed by atoms with E-state index in [1.807, 2.05) is 35.2 Å². The van der Waals surface area contributed by atoms with Crippen LogP contribution in [0.15, 0.2) is 30.3 Å². The average molecular weight is 221 g/mol. The number of hydrogen-bond donors (Lipinski definition) is 2. The van der Waals surface area contributed by atoms with E-state index >= 15 is 0 Å². The van der Waals surface area contributed by atoms with Gasteiger partial charge in [-0.25, -0.2) is 0 Å². The Hall–Kier alpha value is -1.39. The van der Waals surface area contributed by atoms with Gasteiger partial charge >= 0.3 is 5.97 Å². The summed E-state index contributed by atoms with van der Waals surface area (Å²) in [6.45, 7) is 1.31. The lowest BCUT2D eigenvalue weighted by molar-refractivity contribution is -0.165. The zero-order valence-electron chi connectivity index (χ0n) is 8.97. The number of benzene rings is 1. The fourth-order valence-corrected chi connectivity index (χ4v) is 2.07. The number of carbonyl (C=O) groups is 1. The normalized spacial score (nSPS) is 19.1. The molecule has 0 atom stereocenters. The van der Waals surface area contributed by atoms with Gasteiger partial charge < -0.3 is 10.2 Å². The molecule has 1 fully saturated rings. The highest BCUT2D eigenvalue weighted by Crippen LogP contribution is 2.31. The lowest BCUT2D eigenvalue weighted by Gasteiger charge is -2.46. The van der Waals surface area contributed by atoms with Crippen molar-refractivity contribution in [3.8, 4) is 0 Å². The van der Waals surface area contributed by atoms with Crippen molar-refractivity contribution in [1.29, 1.82) is 0 Å². The van der Waals surface area contributed by atoms with E-state index in [1.165, 1.54) is 5.56 Å². The Morgan fingerprint density at radius 1 is 1.31 bits per heavy atom. The van der Waals surface area contributed by atoms with Crippen molar-refractivity contribution in [3.63, 3.8) is 0 Å². The average Bonchev–Trinajstić information content (AvgIpc) is 2.24. The molecule has 1 heterocycles. The van der Waals surface area contributed by atoms with E-state index in [0.717, 1.165) is 6.54 Å². The van der Waals surface area contributed by atoms with Crippen LogP contribution in [-0.2, 0) is 11.3 Å². The van der Waals surface area contributed by atoms with Crippen LogP contribution in [0.3, 0.4) is 0 Å². The number of aliphatic hydroxyl groups excluding tert-OH is 1. The number of carboxylic acids is 1. The third-order valence-corrected chi connectivity index (χ3v) is 3.06. The molecule has 0 amide bonds. The van der Waals surface area contributed by atoms with Crippen LogP contribution in [0.25, 0.3) is 0 Å². The Balaban J connectivity index is 1.91. The van der Waals surface area contributed by atoms with E-state index in [9.17, 15) is 4.79 Å². The first-order valence-electron chi connectivity index (χ1n) is 5.27. The Morgan fingerprint density at radius 3 is 2.44 bits per heavy atom. The van der Waals surface area contributed by atoms with E-state index < -0.39 is 11.4 Å². The molecule has 0 bridgehead atoms. The van der Waals surface area contributed by atoms with Crippen LogP contribution >= 0.6 is 0 Å². The van der Waals surface area contributed by atoms with Crippen LogP contribution < -0.4 is 0 Å². The summed E-state index contributed by atoms with van der Waals surface area (Å²) in [4.78, 5) is 13.0. The second-order valence-electron chi connectivity index (χ2n) is 4.37. The summed E-state index contributed by atoms with van der Waals surface area (Å²) in [5.41, 5.74) is 0.230. The number of aliphatic carboxylic acids is 1. The molecule has 1 aliphatic heterocycles. The highest BCUT2D eigenvalue weighted by atomic mass is 16.4. The Bertz CT molecular complexity index is 371. The first-order chi connectivity index (χ1) is 7.66. The Morgan fingerprint density at radius 2 is 1.94 bits per heavy atom. The maximum absolute atomic E-state index is 10.9. The van der Waals surface area contributed by atoms with Crippen LogP contribution in [0, 0.1) is 5.41 Å². The second kappa shape index (κ2) is 4.23. The number of likely N-dealkylation sites (tertiary alicyclic amines) is 1. The molecule has 0 unspecified atom stereocenters. The summed E-state index contributed by atoms with van der Waals surface area (Å²) < 4.78 is 0. The molecule has 0 spiro atoms. The molecule has 1 aromatic rings. The van der Waals surface area contributed by atoms with Crippen molar-refractivity contribution >= 4 is 5.97 Å². The molecule has 0 saturated carbocycles. The molecule has 1 aliphatic rings. The van der Waals surface area contributed by atoms with Gasteiger partial charge in [-0.2, -0.15) is 0 Å².